The van der Waals surface area contributed by atoms with Crippen LogP contribution in [0.4, 0.5) is 0 Å². The predicted octanol–water partition coefficient (Wildman–Crippen LogP) is -0.200. The molecule has 0 aromatic heterocycles. The third-order valence-corrected chi connectivity index (χ3v) is 1.64. The van der Waals surface area contributed by atoms with Crippen molar-refractivity contribution in [1.82, 2.24) is 10.6 Å². The van der Waals surface area contributed by atoms with Gasteiger partial charge in [0.2, 0.25) is 5.91 Å². The first kappa shape index (κ1) is 8.64. The van der Waals surface area contributed by atoms with Gasteiger partial charge >= 0.3 is 0 Å². The minimum absolute atomic E-state index is 0.0555. The highest BCUT2D eigenvalue weighted by Gasteiger charge is 2.07. The topological polar surface area (TPSA) is 67.2 Å². The van der Waals surface area contributed by atoms with E-state index < -0.39 is 0 Å². The molecule has 1 rings (SSSR count). The minimum atomic E-state index is -0.0555. The Balaban J connectivity index is 2.76. The number of dihydropyridines is 1. The van der Waals surface area contributed by atoms with Gasteiger partial charge in [0.1, 0.15) is 0 Å². The fourth-order valence-electron chi connectivity index (χ4n) is 1.06. The average molecular weight is 167 g/mol. The number of nitrogens with one attached hydrogen (secondary N) is 2. The SMILES string of the molecule is CC(=O)NC1=C(C)C=C(N)NC1. The number of rotatable bonds is 1. The fourth-order valence-corrected chi connectivity index (χ4v) is 1.06. The van der Waals surface area contributed by atoms with Crippen LogP contribution in [0.15, 0.2) is 23.2 Å². The van der Waals surface area contributed by atoms with Crippen molar-refractivity contribution in [2.75, 3.05) is 6.54 Å². The van der Waals surface area contributed by atoms with Gasteiger partial charge in [0.05, 0.1) is 12.4 Å². The second kappa shape index (κ2) is 3.30. The standard InChI is InChI=1S/C8H13N3O/c1-5-3-8(9)10-4-7(5)11-6(2)12/h3,10H,4,9H2,1-2H3,(H,11,12). The van der Waals surface area contributed by atoms with Crippen LogP contribution in [0.25, 0.3) is 0 Å². The van der Waals surface area contributed by atoms with Gasteiger partial charge in [-0.3, -0.25) is 4.79 Å². The molecule has 0 aromatic carbocycles. The van der Waals surface area contributed by atoms with Crippen molar-refractivity contribution in [2.45, 2.75) is 13.8 Å². The van der Waals surface area contributed by atoms with Gasteiger partial charge in [-0.15, -0.1) is 0 Å². The molecule has 0 aliphatic carbocycles. The molecule has 0 fully saturated rings. The minimum Gasteiger partial charge on any atom is -0.386 e. The quantitative estimate of drug-likeness (QED) is 0.506. The molecule has 0 saturated heterocycles. The van der Waals surface area contributed by atoms with E-state index in [4.69, 9.17) is 5.73 Å². The van der Waals surface area contributed by atoms with Crippen LogP contribution in [0.1, 0.15) is 13.8 Å². The molecule has 0 aromatic rings. The molecule has 1 aliphatic heterocycles. The molecular weight excluding hydrogens is 154 g/mol. The van der Waals surface area contributed by atoms with Crippen LogP contribution in [-0.4, -0.2) is 12.5 Å². The second-order valence-electron chi connectivity index (χ2n) is 2.80. The maximum atomic E-state index is 10.7. The molecule has 1 heterocycles. The Kier molecular flexibility index (Phi) is 2.38. The molecule has 0 atom stereocenters. The van der Waals surface area contributed by atoms with E-state index in [2.05, 4.69) is 10.6 Å². The first-order valence-electron chi connectivity index (χ1n) is 3.78. The van der Waals surface area contributed by atoms with Gasteiger partial charge in [-0.25, -0.2) is 0 Å². The van der Waals surface area contributed by atoms with Gasteiger partial charge in [-0.2, -0.15) is 0 Å². The number of carbonyl (C=O) groups is 1. The first-order valence-corrected chi connectivity index (χ1v) is 3.78. The Labute approximate surface area is 71.5 Å². The molecular formula is C8H13N3O. The predicted molar refractivity (Wildman–Crippen MR) is 46.8 cm³/mol. The number of nitrogens with two attached hydrogens (primary N) is 1. The molecule has 1 aliphatic rings. The largest absolute Gasteiger partial charge is 0.386 e. The number of allylic oxidation sites excluding steroid dienone is 2. The van der Waals surface area contributed by atoms with E-state index in [1.54, 1.807) is 6.08 Å². The molecule has 4 heteroatoms. The summed E-state index contributed by atoms with van der Waals surface area (Å²) in [7, 11) is 0. The zero-order valence-corrected chi connectivity index (χ0v) is 7.27. The van der Waals surface area contributed by atoms with Gasteiger partial charge in [0, 0.05) is 12.6 Å². The molecule has 0 spiro atoms. The zero-order valence-electron chi connectivity index (χ0n) is 7.27. The lowest BCUT2D eigenvalue weighted by atomic mass is 10.1. The monoisotopic (exact) mass is 167 g/mol. The van der Waals surface area contributed by atoms with E-state index >= 15 is 0 Å². The van der Waals surface area contributed by atoms with Crippen molar-refractivity contribution in [3.63, 3.8) is 0 Å². The summed E-state index contributed by atoms with van der Waals surface area (Å²) in [5.74, 6) is 0.585. The number of amides is 1. The van der Waals surface area contributed by atoms with Crippen molar-refractivity contribution < 1.29 is 4.79 Å². The van der Waals surface area contributed by atoms with Crippen LogP contribution in [0.2, 0.25) is 0 Å². The first-order chi connectivity index (χ1) is 5.59. The highest BCUT2D eigenvalue weighted by atomic mass is 16.1. The summed E-state index contributed by atoms with van der Waals surface area (Å²) >= 11 is 0. The number of hydrogen-bond donors (Lipinski definition) is 3. The van der Waals surface area contributed by atoms with Crippen molar-refractivity contribution in [2.24, 2.45) is 5.73 Å². The van der Waals surface area contributed by atoms with Crippen molar-refractivity contribution in [3.05, 3.63) is 23.2 Å². The van der Waals surface area contributed by atoms with Crippen LogP contribution >= 0.6 is 0 Å². The molecule has 0 saturated carbocycles. The summed E-state index contributed by atoms with van der Waals surface area (Å²) in [4.78, 5) is 10.7. The van der Waals surface area contributed by atoms with Crippen LogP contribution in [0.3, 0.4) is 0 Å². The van der Waals surface area contributed by atoms with Gasteiger partial charge < -0.3 is 16.4 Å². The van der Waals surface area contributed by atoms with Gasteiger partial charge in [-0.05, 0) is 18.6 Å². The molecule has 4 nitrogen and oxygen atoms in total. The molecule has 0 radical (unpaired) electrons. The summed E-state index contributed by atoms with van der Waals surface area (Å²) in [5, 5.41) is 5.66. The second-order valence-corrected chi connectivity index (χ2v) is 2.80. The van der Waals surface area contributed by atoms with E-state index in [1.807, 2.05) is 6.92 Å². The summed E-state index contributed by atoms with van der Waals surface area (Å²) in [6.45, 7) is 3.99. The smallest absolute Gasteiger partial charge is 0.221 e. The maximum Gasteiger partial charge on any atom is 0.221 e. The van der Waals surface area contributed by atoms with E-state index in [0.717, 1.165) is 11.3 Å². The molecule has 12 heavy (non-hydrogen) atoms. The van der Waals surface area contributed by atoms with Gasteiger partial charge in [0.25, 0.3) is 0 Å². The molecule has 4 N–H and O–H groups in total. The average Bonchev–Trinajstić information content (AvgIpc) is 1.94. The molecule has 66 valence electrons. The number of carbonyl (C=O) groups excluding carboxylic acids is 1. The lowest BCUT2D eigenvalue weighted by Gasteiger charge is -2.17. The summed E-state index contributed by atoms with van der Waals surface area (Å²) in [6.07, 6.45) is 1.80. The van der Waals surface area contributed by atoms with E-state index in [1.165, 1.54) is 6.92 Å². The lowest BCUT2D eigenvalue weighted by molar-refractivity contribution is -0.118. The third kappa shape index (κ3) is 2.02. The van der Waals surface area contributed by atoms with Crippen LogP contribution < -0.4 is 16.4 Å². The Hall–Kier alpha value is -1.45. The third-order valence-electron chi connectivity index (χ3n) is 1.64. The van der Waals surface area contributed by atoms with Gasteiger partial charge in [-0.1, -0.05) is 0 Å². The molecule has 1 amide bonds. The van der Waals surface area contributed by atoms with E-state index in [9.17, 15) is 4.79 Å². The normalized spacial score (nSPS) is 16.7. The molecule has 0 unspecified atom stereocenters. The summed E-state index contributed by atoms with van der Waals surface area (Å²) in [5.41, 5.74) is 7.41. The fraction of sp³-hybridized carbons (Fsp3) is 0.375. The van der Waals surface area contributed by atoms with E-state index in [-0.39, 0.29) is 5.91 Å². The summed E-state index contributed by atoms with van der Waals surface area (Å²) in [6, 6.07) is 0. The Morgan fingerprint density at radius 1 is 1.75 bits per heavy atom. The number of hydrogen-bond acceptors (Lipinski definition) is 3. The Morgan fingerprint density at radius 2 is 2.42 bits per heavy atom. The van der Waals surface area contributed by atoms with Crippen LogP contribution in [0, 0.1) is 0 Å². The zero-order chi connectivity index (χ0) is 9.14. The van der Waals surface area contributed by atoms with Crippen LogP contribution in [0.5, 0.6) is 0 Å². The van der Waals surface area contributed by atoms with E-state index in [0.29, 0.717) is 12.4 Å². The maximum absolute atomic E-state index is 10.7. The van der Waals surface area contributed by atoms with Crippen molar-refractivity contribution >= 4 is 5.91 Å². The highest BCUT2D eigenvalue weighted by molar-refractivity contribution is 5.75. The van der Waals surface area contributed by atoms with Crippen molar-refractivity contribution in [1.29, 1.82) is 0 Å². The molecule has 0 bridgehead atoms. The Morgan fingerprint density at radius 3 is 2.92 bits per heavy atom. The summed E-state index contributed by atoms with van der Waals surface area (Å²) < 4.78 is 0. The van der Waals surface area contributed by atoms with Crippen molar-refractivity contribution in [3.8, 4) is 0 Å². The lowest BCUT2D eigenvalue weighted by Crippen LogP contribution is -2.33. The highest BCUT2D eigenvalue weighted by Crippen LogP contribution is 2.07. The Bertz CT molecular complexity index is 265. The van der Waals surface area contributed by atoms with Gasteiger partial charge in [0.15, 0.2) is 0 Å². The van der Waals surface area contributed by atoms with Crippen LogP contribution in [-0.2, 0) is 4.79 Å².